The van der Waals surface area contributed by atoms with E-state index in [-0.39, 0.29) is 11.3 Å². The van der Waals surface area contributed by atoms with Crippen molar-refractivity contribution < 1.29 is 23.8 Å². The number of methoxy groups -OCH3 is 1. The number of carbonyl (C=O) groups is 2. The maximum absolute atomic E-state index is 13.2. The summed E-state index contributed by atoms with van der Waals surface area (Å²) in [4.78, 5) is 23.0. The fourth-order valence-corrected chi connectivity index (χ4v) is 2.01. The fraction of sp³-hybridized carbons (Fsp3) is 0.385. The molecule has 0 saturated heterocycles. The Hall–Kier alpha value is -1.76. The first-order valence-electron chi connectivity index (χ1n) is 5.85. The van der Waals surface area contributed by atoms with Crippen LogP contribution in [0.3, 0.4) is 0 Å². The van der Waals surface area contributed by atoms with Crippen LogP contribution in [0, 0.1) is 5.82 Å². The van der Waals surface area contributed by atoms with Gasteiger partial charge in [-0.1, -0.05) is 0 Å². The molecule has 0 aliphatic heterocycles. The molecule has 0 aliphatic rings. The Bertz CT molecular complexity index is 495. The summed E-state index contributed by atoms with van der Waals surface area (Å²) in [6, 6.07) is 2.65. The molecule has 1 atom stereocenters. The molecule has 0 radical (unpaired) electrons. The maximum atomic E-state index is 13.2. The minimum absolute atomic E-state index is 0.0614. The van der Waals surface area contributed by atoms with E-state index in [0.717, 1.165) is 6.07 Å². The first kappa shape index (κ1) is 16.3. The number of aliphatic carboxylic acids is 1. The van der Waals surface area contributed by atoms with Gasteiger partial charge in [-0.3, -0.25) is 4.79 Å². The van der Waals surface area contributed by atoms with Crippen LogP contribution in [0.1, 0.15) is 16.8 Å². The molecule has 20 heavy (non-hydrogen) atoms. The van der Waals surface area contributed by atoms with Crippen LogP contribution >= 0.6 is 11.8 Å². The molecule has 110 valence electrons. The van der Waals surface area contributed by atoms with Gasteiger partial charge in [-0.15, -0.1) is 0 Å². The lowest BCUT2D eigenvalue weighted by molar-refractivity contribution is -0.139. The van der Waals surface area contributed by atoms with E-state index in [0.29, 0.717) is 12.2 Å². The van der Waals surface area contributed by atoms with Gasteiger partial charge in [0.1, 0.15) is 6.04 Å². The van der Waals surface area contributed by atoms with Crippen molar-refractivity contribution in [2.24, 2.45) is 0 Å². The Kier molecular flexibility index (Phi) is 6.30. The first-order valence-corrected chi connectivity index (χ1v) is 7.25. The number of benzene rings is 1. The Morgan fingerprint density at radius 1 is 1.50 bits per heavy atom. The predicted molar refractivity (Wildman–Crippen MR) is 74.8 cm³/mol. The van der Waals surface area contributed by atoms with Crippen molar-refractivity contribution in [2.75, 3.05) is 19.1 Å². The van der Waals surface area contributed by atoms with Gasteiger partial charge in [-0.2, -0.15) is 11.8 Å². The number of nitrogens with one attached hydrogen (secondary N) is 1. The molecular formula is C13H16FNO4S. The third-order valence-electron chi connectivity index (χ3n) is 2.63. The first-order chi connectivity index (χ1) is 9.49. The van der Waals surface area contributed by atoms with E-state index < -0.39 is 23.7 Å². The van der Waals surface area contributed by atoms with Crippen molar-refractivity contribution in [2.45, 2.75) is 12.5 Å². The molecule has 1 aromatic rings. The lowest BCUT2D eigenvalue weighted by Crippen LogP contribution is -2.41. The molecule has 0 bridgehead atoms. The number of carboxylic acid groups (broad SMARTS) is 1. The van der Waals surface area contributed by atoms with Gasteiger partial charge in [-0.25, -0.2) is 9.18 Å². The van der Waals surface area contributed by atoms with Crippen molar-refractivity contribution in [3.05, 3.63) is 29.6 Å². The smallest absolute Gasteiger partial charge is 0.326 e. The zero-order chi connectivity index (χ0) is 15.1. The van der Waals surface area contributed by atoms with Gasteiger partial charge in [0, 0.05) is 5.56 Å². The number of amides is 1. The molecule has 0 aliphatic carbocycles. The van der Waals surface area contributed by atoms with Crippen LogP contribution in [0.4, 0.5) is 4.39 Å². The average molecular weight is 301 g/mol. The Morgan fingerprint density at radius 2 is 2.20 bits per heavy atom. The summed E-state index contributed by atoms with van der Waals surface area (Å²) in [5.74, 6) is -1.70. The van der Waals surface area contributed by atoms with Gasteiger partial charge < -0.3 is 15.2 Å². The second kappa shape index (κ2) is 7.74. The highest BCUT2D eigenvalue weighted by Gasteiger charge is 2.20. The van der Waals surface area contributed by atoms with Gasteiger partial charge in [0.05, 0.1) is 7.11 Å². The monoisotopic (exact) mass is 301 g/mol. The van der Waals surface area contributed by atoms with Crippen LogP contribution in [0.5, 0.6) is 5.75 Å². The van der Waals surface area contributed by atoms with Crippen LogP contribution in [0.25, 0.3) is 0 Å². The summed E-state index contributed by atoms with van der Waals surface area (Å²) in [5.41, 5.74) is 0.152. The highest BCUT2D eigenvalue weighted by atomic mass is 32.2. The molecule has 0 saturated carbocycles. The number of hydrogen-bond donors (Lipinski definition) is 2. The summed E-state index contributed by atoms with van der Waals surface area (Å²) in [6.07, 6.45) is 2.17. The summed E-state index contributed by atoms with van der Waals surface area (Å²) >= 11 is 1.49. The van der Waals surface area contributed by atoms with Crippen LogP contribution in [-0.2, 0) is 4.79 Å². The lowest BCUT2D eigenvalue weighted by Gasteiger charge is -2.14. The number of carbonyl (C=O) groups excluding carboxylic acids is 1. The largest absolute Gasteiger partial charge is 0.494 e. The predicted octanol–water partition coefficient (Wildman–Crippen LogP) is 1.77. The van der Waals surface area contributed by atoms with Gasteiger partial charge >= 0.3 is 5.97 Å². The molecule has 2 N–H and O–H groups in total. The zero-order valence-electron chi connectivity index (χ0n) is 11.2. The quantitative estimate of drug-likeness (QED) is 0.803. The van der Waals surface area contributed by atoms with E-state index in [4.69, 9.17) is 9.84 Å². The van der Waals surface area contributed by atoms with E-state index in [1.807, 2.05) is 6.26 Å². The van der Waals surface area contributed by atoms with E-state index in [1.54, 1.807) is 0 Å². The Labute approximate surface area is 120 Å². The van der Waals surface area contributed by atoms with Crippen molar-refractivity contribution in [1.82, 2.24) is 5.32 Å². The van der Waals surface area contributed by atoms with Gasteiger partial charge in [-0.05, 0) is 36.6 Å². The van der Waals surface area contributed by atoms with Gasteiger partial charge in [0.15, 0.2) is 11.6 Å². The number of thioether (sulfide) groups is 1. The number of halogens is 1. The minimum atomic E-state index is -1.10. The maximum Gasteiger partial charge on any atom is 0.326 e. The van der Waals surface area contributed by atoms with Crippen molar-refractivity contribution in [3.63, 3.8) is 0 Å². The standard InChI is InChI=1S/C13H16FNO4S/c1-19-11-7-8(3-4-9(11)14)12(16)15-10(13(17)18)5-6-20-2/h3-4,7,10H,5-6H2,1-2H3,(H,15,16)(H,17,18). The summed E-state index contributed by atoms with van der Waals surface area (Å²) in [6.45, 7) is 0. The molecule has 1 aromatic carbocycles. The molecule has 7 heteroatoms. The van der Waals surface area contributed by atoms with Gasteiger partial charge in [0.25, 0.3) is 5.91 Å². The minimum Gasteiger partial charge on any atom is -0.494 e. The number of rotatable bonds is 7. The number of ether oxygens (including phenoxy) is 1. The van der Waals surface area contributed by atoms with Crippen LogP contribution < -0.4 is 10.1 Å². The Balaban J connectivity index is 2.80. The van der Waals surface area contributed by atoms with Crippen LogP contribution in [0.2, 0.25) is 0 Å². The van der Waals surface area contributed by atoms with E-state index in [1.165, 1.54) is 31.0 Å². The Morgan fingerprint density at radius 3 is 2.75 bits per heavy atom. The molecule has 0 heterocycles. The molecular weight excluding hydrogens is 285 g/mol. The molecule has 1 unspecified atom stereocenters. The molecule has 0 aromatic heterocycles. The van der Waals surface area contributed by atoms with E-state index in [2.05, 4.69) is 5.32 Å². The van der Waals surface area contributed by atoms with Crippen molar-refractivity contribution in [1.29, 1.82) is 0 Å². The molecule has 5 nitrogen and oxygen atoms in total. The van der Waals surface area contributed by atoms with Crippen LogP contribution in [-0.4, -0.2) is 42.1 Å². The summed E-state index contributed by atoms with van der Waals surface area (Å²) in [7, 11) is 1.29. The number of hydrogen-bond acceptors (Lipinski definition) is 4. The zero-order valence-corrected chi connectivity index (χ0v) is 12.0. The lowest BCUT2D eigenvalue weighted by atomic mass is 10.1. The molecule has 1 rings (SSSR count). The normalized spacial score (nSPS) is 11.8. The molecule has 1 amide bonds. The van der Waals surface area contributed by atoms with Crippen molar-refractivity contribution >= 4 is 23.6 Å². The van der Waals surface area contributed by atoms with E-state index in [9.17, 15) is 14.0 Å². The topological polar surface area (TPSA) is 75.6 Å². The fourth-order valence-electron chi connectivity index (χ4n) is 1.54. The highest BCUT2D eigenvalue weighted by molar-refractivity contribution is 7.98. The van der Waals surface area contributed by atoms with Crippen LogP contribution in [0.15, 0.2) is 18.2 Å². The third-order valence-corrected chi connectivity index (χ3v) is 3.27. The molecule has 0 fully saturated rings. The third kappa shape index (κ3) is 4.41. The second-order valence-corrected chi connectivity index (χ2v) is 4.98. The average Bonchev–Trinajstić information content (AvgIpc) is 2.43. The summed E-state index contributed by atoms with van der Waals surface area (Å²) < 4.78 is 18.0. The second-order valence-electron chi connectivity index (χ2n) is 4.00. The van der Waals surface area contributed by atoms with Gasteiger partial charge in [0.2, 0.25) is 0 Å². The summed E-state index contributed by atoms with van der Waals surface area (Å²) in [5, 5.41) is 11.4. The highest BCUT2D eigenvalue weighted by Crippen LogP contribution is 2.18. The SMILES string of the molecule is COc1cc(C(=O)NC(CCSC)C(=O)O)ccc1F. The number of carboxylic acids is 1. The van der Waals surface area contributed by atoms with E-state index >= 15 is 0 Å². The van der Waals surface area contributed by atoms with Crippen molar-refractivity contribution in [3.8, 4) is 5.75 Å². The molecule has 0 spiro atoms.